The van der Waals surface area contributed by atoms with E-state index in [4.69, 9.17) is 5.73 Å². The summed E-state index contributed by atoms with van der Waals surface area (Å²) in [4.78, 5) is 22.3. The molecule has 0 spiro atoms. The van der Waals surface area contributed by atoms with E-state index in [9.17, 15) is 14.9 Å². The average molecular weight is 343 g/mol. The number of nitro benzene ring substituents is 1. The van der Waals surface area contributed by atoms with Gasteiger partial charge in [-0.15, -0.1) is 12.4 Å². The number of nitro groups is 1. The highest BCUT2D eigenvalue weighted by atomic mass is 35.5. The van der Waals surface area contributed by atoms with Crippen LogP contribution < -0.4 is 16.4 Å². The fourth-order valence-corrected chi connectivity index (χ4v) is 2.81. The lowest BCUT2D eigenvalue weighted by Crippen LogP contribution is -2.33. The van der Waals surface area contributed by atoms with Crippen LogP contribution in [0.1, 0.15) is 25.7 Å². The Morgan fingerprint density at radius 3 is 2.70 bits per heavy atom. The van der Waals surface area contributed by atoms with Crippen molar-refractivity contribution in [2.45, 2.75) is 31.7 Å². The lowest BCUT2D eigenvalue weighted by Gasteiger charge is -2.15. The summed E-state index contributed by atoms with van der Waals surface area (Å²) in [7, 11) is 0. The first-order chi connectivity index (χ1) is 10.6. The van der Waals surface area contributed by atoms with Crippen molar-refractivity contribution in [3.8, 4) is 0 Å². The van der Waals surface area contributed by atoms with Crippen molar-refractivity contribution in [2.24, 2.45) is 11.7 Å². The molecule has 0 radical (unpaired) electrons. The number of para-hydroxylation sites is 2. The maximum atomic E-state index is 11.8. The van der Waals surface area contributed by atoms with Gasteiger partial charge in [-0.25, -0.2) is 0 Å². The van der Waals surface area contributed by atoms with E-state index in [-0.39, 0.29) is 36.0 Å². The molecule has 1 fully saturated rings. The summed E-state index contributed by atoms with van der Waals surface area (Å²) in [6, 6.07) is 6.58. The van der Waals surface area contributed by atoms with Crippen LogP contribution in [0, 0.1) is 16.0 Å². The highest BCUT2D eigenvalue weighted by Crippen LogP contribution is 2.26. The first-order valence-electron chi connectivity index (χ1n) is 7.57. The summed E-state index contributed by atoms with van der Waals surface area (Å²) in [5, 5.41) is 16.7. The minimum absolute atomic E-state index is 0. The van der Waals surface area contributed by atoms with Gasteiger partial charge in [-0.05, 0) is 24.8 Å². The highest BCUT2D eigenvalue weighted by Gasteiger charge is 2.25. The highest BCUT2D eigenvalue weighted by molar-refractivity contribution is 5.85. The fourth-order valence-electron chi connectivity index (χ4n) is 2.81. The summed E-state index contributed by atoms with van der Waals surface area (Å²) < 4.78 is 0. The summed E-state index contributed by atoms with van der Waals surface area (Å²) in [6.07, 6.45) is 3.57. The van der Waals surface area contributed by atoms with Gasteiger partial charge in [0, 0.05) is 31.6 Å². The van der Waals surface area contributed by atoms with Crippen LogP contribution in [-0.4, -0.2) is 30.0 Å². The number of anilines is 1. The van der Waals surface area contributed by atoms with E-state index in [1.807, 2.05) is 0 Å². The van der Waals surface area contributed by atoms with Crippen LogP contribution in [-0.2, 0) is 4.79 Å². The van der Waals surface area contributed by atoms with Crippen LogP contribution in [0.25, 0.3) is 0 Å². The molecule has 1 aromatic carbocycles. The fraction of sp³-hybridized carbons (Fsp3) is 0.533. The molecule has 1 saturated carbocycles. The van der Waals surface area contributed by atoms with Crippen LogP contribution in [0.2, 0.25) is 0 Å². The van der Waals surface area contributed by atoms with Gasteiger partial charge in [0.05, 0.1) is 4.92 Å². The molecule has 0 bridgehead atoms. The van der Waals surface area contributed by atoms with Gasteiger partial charge in [0.15, 0.2) is 0 Å². The number of amides is 1. The molecule has 0 unspecified atom stereocenters. The van der Waals surface area contributed by atoms with Gasteiger partial charge in [0.2, 0.25) is 5.91 Å². The van der Waals surface area contributed by atoms with E-state index in [2.05, 4.69) is 10.6 Å². The normalized spacial score (nSPS) is 19.7. The van der Waals surface area contributed by atoms with Crippen molar-refractivity contribution in [3.05, 3.63) is 34.4 Å². The number of carbonyl (C=O) groups excluding carboxylic acids is 1. The van der Waals surface area contributed by atoms with Gasteiger partial charge >= 0.3 is 0 Å². The maximum absolute atomic E-state index is 11.8. The van der Waals surface area contributed by atoms with E-state index < -0.39 is 4.92 Å². The predicted octanol–water partition coefficient (Wildman–Crippen LogP) is 2.06. The Labute approximate surface area is 141 Å². The molecule has 0 aliphatic heterocycles. The first-order valence-corrected chi connectivity index (χ1v) is 7.57. The molecule has 0 heterocycles. The number of hydrogen-bond acceptors (Lipinski definition) is 5. The van der Waals surface area contributed by atoms with Crippen LogP contribution in [0.4, 0.5) is 11.4 Å². The molecule has 2 rings (SSSR count). The number of nitrogens with two attached hydrogens (primary N) is 1. The molecule has 23 heavy (non-hydrogen) atoms. The second kappa shape index (κ2) is 9.32. The zero-order chi connectivity index (χ0) is 15.9. The molecule has 8 heteroatoms. The Bertz CT molecular complexity index is 541. The van der Waals surface area contributed by atoms with Crippen molar-refractivity contribution in [3.63, 3.8) is 0 Å². The van der Waals surface area contributed by atoms with Gasteiger partial charge in [0.25, 0.3) is 5.69 Å². The minimum Gasteiger partial charge on any atom is -0.378 e. The number of carbonyl (C=O) groups is 1. The molecule has 1 aromatic rings. The quantitative estimate of drug-likeness (QED) is 0.399. The van der Waals surface area contributed by atoms with Crippen LogP contribution >= 0.6 is 12.4 Å². The van der Waals surface area contributed by atoms with Gasteiger partial charge < -0.3 is 16.4 Å². The summed E-state index contributed by atoms with van der Waals surface area (Å²) in [5.74, 6) is 0.273. The molecular weight excluding hydrogens is 320 g/mol. The van der Waals surface area contributed by atoms with E-state index in [1.165, 1.54) is 6.07 Å². The number of nitrogens with zero attached hydrogens (tertiary/aromatic N) is 1. The maximum Gasteiger partial charge on any atom is 0.292 e. The van der Waals surface area contributed by atoms with Crippen molar-refractivity contribution in [1.82, 2.24) is 5.32 Å². The zero-order valence-corrected chi connectivity index (χ0v) is 13.7. The first kappa shape index (κ1) is 19.2. The topological polar surface area (TPSA) is 110 Å². The molecule has 7 nitrogen and oxygen atoms in total. The number of hydrogen-bond donors (Lipinski definition) is 3. The molecule has 1 amide bonds. The molecule has 0 aromatic heterocycles. The largest absolute Gasteiger partial charge is 0.378 e. The van der Waals surface area contributed by atoms with Crippen molar-refractivity contribution in [1.29, 1.82) is 0 Å². The lowest BCUT2D eigenvalue weighted by molar-refractivity contribution is -0.384. The van der Waals surface area contributed by atoms with E-state index in [0.29, 0.717) is 25.2 Å². The van der Waals surface area contributed by atoms with E-state index >= 15 is 0 Å². The van der Waals surface area contributed by atoms with Crippen molar-refractivity contribution >= 4 is 29.7 Å². The third-order valence-electron chi connectivity index (χ3n) is 4.03. The van der Waals surface area contributed by atoms with E-state index in [1.54, 1.807) is 18.2 Å². The number of rotatable bonds is 7. The van der Waals surface area contributed by atoms with E-state index in [0.717, 1.165) is 19.3 Å². The molecule has 2 atom stereocenters. The zero-order valence-electron chi connectivity index (χ0n) is 12.9. The molecule has 128 valence electrons. The predicted molar refractivity (Wildman–Crippen MR) is 91.8 cm³/mol. The molecule has 0 saturated heterocycles. The molecule has 4 N–H and O–H groups in total. The SMILES string of the molecule is Cl.N[C@@H]1CCC[C@H]1CC(=O)NCCNc1ccccc1[N+](=O)[O-]. The van der Waals surface area contributed by atoms with Crippen LogP contribution in [0.5, 0.6) is 0 Å². The number of benzene rings is 1. The smallest absolute Gasteiger partial charge is 0.292 e. The third kappa shape index (κ3) is 5.69. The Hall–Kier alpha value is -1.86. The van der Waals surface area contributed by atoms with Crippen LogP contribution in [0.15, 0.2) is 24.3 Å². The lowest BCUT2D eigenvalue weighted by atomic mass is 10.00. The summed E-state index contributed by atoms with van der Waals surface area (Å²) in [6.45, 7) is 0.861. The van der Waals surface area contributed by atoms with Gasteiger partial charge in [-0.3, -0.25) is 14.9 Å². The second-order valence-electron chi connectivity index (χ2n) is 5.61. The summed E-state index contributed by atoms with van der Waals surface area (Å²) >= 11 is 0. The Morgan fingerprint density at radius 1 is 1.30 bits per heavy atom. The number of halogens is 1. The standard InChI is InChI=1S/C15H22N4O3.ClH/c16-12-5-3-4-11(12)10-15(20)18-9-8-17-13-6-1-2-7-14(13)19(21)22;/h1-2,6-7,11-12,17H,3-5,8-10,16H2,(H,18,20);1H/t11-,12+;/m0./s1. The van der Waals surface area contributed by atoms with Gasteiger partial charge in [-0.1, -0.05) is 18.6 Å². The monoisotopic (exact) mass is 342 g/mol. The van der Waals surface area contributed by atoms with Crippen molar-refractivity contribution < 1.29 is 9.72 Å². The van der Waals surface area contributed by atoms with Crippen LogP contribution in [0.3, 0.4) is 0 Å². The van der Waals surface area contributed by atoms with Gasteiger partial charge in [-0.2, -0.15) is 0 Å². The average Bonchev–Trinajstić information content (AvgIpc) is 2.89. The Morgan fingerprint density at radius 2 is 2.04 bits per heavy atom. The Balaban J connectivity index is 0.00000264. The second-order valence-corrected chi connectivity index (χ2v) is 5.61. The minimum atomic E-state index is -0.428. The number of nitrogens with one attached hydrogen (secondary N) is 2. The Kier molecular flexibility index (Phi) is 7.77. The molecule has 1 aliphatic rings. The van der Waals surface area contributed by atoms with Gasteiger partial charge in [0.1, 0.15) is 5.69 Å². The third-order valence-corrected chi connectivity index (χ3v) is 4.03. The summed E-state index contributed by atoms with van der Waals surface area (Å²) in [5.41, 5.74) is 6.44. The molecular formula is C15H23ClN4O3. The molecule has 1 aliphatic carbocycles. The van der Waals surface area contributed by atoms with Crippen molar-refractivity contribution in [2.75, 3.05) is 18.4 Å².